The summed E-state index contributed by atoms with van der Waals surface area (Å²) in [6, 6.07) is 4.12. The number of halogens is 3. The van der Waals surface area contributed by atoms with Crippen molar-refractivity contribution >= 4 is 10.0 Å². The van der Waals surface area contributed by atoms with Crippen LogP contribution >= 0.6 is 0 Å². The molecule has 1 aromatic carbocycles. The SMILES string of the molecule is O=S(=O)(NC1(CO)CCC1)c1cccc(OC(F)(F)F)c1. The van der Waals surface area contributed by atoms with Crippen LogP contribution in [0.5, 0.6) is 5.75 Å². The highest BCUT2D eigenvalue weighted by Crippen LogP contribution is 2.33. The van der Waals surface area contributed by atoms with E-state index in [0.29, 0.717) is 12.8 Å². The third-order valence-corrected chi connectivity index (χ3v) is 4.89. The average Bonchev–Trinajstić information content (AvgIpc) is 2.32. The highest BCUT2D eigenvalue weighted by Gasteiger charge is 2.40. The van der Waals surface area contributed by atoms with Crippen LogP contribution in [-0.2, 0) is 10.0 Å². The Balaban J connectivity index is 2.22. The summed E-state index contributed by atoms with van der Waals surface area (Å²) in [5.74, 6) is -0.614. The standard InChI is InChI=1S/C12H14F3NO4S/c13-12(14,15)20-9-3-1-4-10(7-9)21(18,19)16-11(8-17)5-2-6-11/h1,3-4,7,16-17H,2,5-6,8H2. The second kappa shape index (κ2) is 5.47. The molecule has 118 valence electrons. The lowest BCUT2D eigenvalue weighted by Gasteiger charge is -2.40. The average molecular weight is 325 g/mol. The number of hydrogen-bond acceptors (Lipinski definition) is 4. The maximum absolute atomic E-state index is 12.2. The molecular formula is C12H14F3NO4S. The first-order chi connectivity index (χ1) is 9.66. The van der Waals surface area contributed by atoms with Crippen LogP contribution in [0, 0.1) is 0 Å². The molecule has 0 aliphatic heterocycles. The van der Waals surface area contributed by atoms with Gasteiger partial charge in [-0.3, -0.25) is 0 Å². The third-order valence-electron chi connectivity index (χ3n) is 3.31. The fourth-order valence-corrected chi connectivity index (χ4v) is 3.56. The van der Waals surface area contributed by atoms with Crippen molar-refractivity contribution in [2.75, 3.05) is 6.61 Å². The van der Waals surface area contributed by atoms with E-state index >= 15 is 0 Å². The predicted octanol–water partition coefficient (Wildman–Crippen LogP) is 1.78. The molecule has 2 rings (SSSR count). The Labute approximate surface area is 119 Å². The van der Waals surface area contributed by atoms with Gasteiger partial charge in [-0.1, -0.05) is 6.07 Å². The van der Waals surface area contributed by atoms with Crippen LogP contribution in [0.25, 0.3) is 0 Å². The van der Waals surface area contributed by atoms with Gasteiger partial charge in [0.1, 0.15) is 5.75 Å². The molecule has 0 amide bonds. The summed E-state index contributed by atoms with van der Waals surface area (Å²) in [6.07, 6.45) is -3.14. The predicted molar refractivity (Wildman–Crippen MR) is 67.1 cm³/mol. The van der Waals surface area contributed by atoms with Gasteiger partial charge in [0.2, 0.25) is 10.0 Å². The molecule has 0 atom stereocenters. The van der Waals surface area contributed by atoms with Crippen molar-refractivity contribution in [3.63, 3.8) is 0 Å². The van der Waals surface area contributed by atoms with E-state index in [1.165, 1.54) is 0 Å². The van der Waals surface area contributed by atoms with Gasteiger partial charge in [-0.25, -0.2) is 13.1 Å². The maximum Gasteiger partial charge on any atom is 0.573 e. The summed E-state index contributed by atoms with van der Waals surface area (Å²) < 4.78 is 66.8. The van der Waals surface area contributed by atoms with Crippen molar-refractivity contribution in [2.24, 2.45) is 0 Å². The minimum absolute atomic E-state index is 0.344. The fraction of sp³-hybridized carbons (Fsp3) is 0.500. The van der Waals surface area contributed by atoms with Crippen molar-refractivity contribution in [3.8, 4) is 5.75 Å². The molecule has 0 unspecified atom stereocenters. The van der Waals surface area contributed by atoms with E-state index in [0.717, 1.165) is 30.7 Å². The number of ether oxygens (including phenoxy) is 1. The van der Waals surface area contributed by atoms with Crippen molar-refractivity contribution < 1.29 is 31.4 Å². The Hall–Kier alpha value is -1.32. The molecule has 5 nitrogen and oxygen atoms in total. The Morgan fingerprint density at radius 2 is 2.00 bits per heavy atom. The number of sulfonamides is 1. The zero-order valence-electron chi connectivity index (χ0n) is 10.9. The van der Waals surface area contributed by atoms with Gasteiger partial charge in [-0.2, -0.15) is 0 Å². The van der Waals surface area contributed by atoms with Gasteiger partial charge in [0.15, 0.2) is 0 Å². The molecule has 0 radical (unpaired) electrons. The molecule has 0 heterocycles. The quantitative estimate of drug-likeness (QED) is 0.865. The molecule has 1 aromatic rings. The van der Waals surface area contributed by atoms with Crippen LogP contribution in [-0.4, -0.2) is 32.0 Å². The molecule has 1 aliphatic carbocycles. The first kappa shape index (κ1) is 16.1. The summed E-state index contributed by atoms with van der Waals surface area (Å²) in [7, 11) is -4.03. The summed E-state index contributed by atoms with van der Waals surface area (Å²) in [5.41, 5.74) is -0.917. The van der Waals surface area contributed by atoms with Gasteiger partial charge in [-0.15, -0.1) is 13.2 Å². The molecule has 2 N–H and O–H groups in total. The number of aliphatic hydroxyl groups excluding tert-OH is 1. The Morgan fingerprint density at radius 1 is 1.33 bits per heavy atom. The number of hydrogen-bond donors (Lipinski definition) is 2. The lowest BCUT2D eigenvalue weighted by Crippen LogP contribution is -2.55. The normalized spacial score (nSPS) is 18.1. The zero-order chi connectivity index (χ0) is 15.7. The Kier molecular flexibility index (Phi) is 4.18. The van der Waals surface area contributed by atoms with Crippen molar-refractivity contribution in [2.45, 2.75) is 36.1 Å². The number of alkyl halides is 3. The van der Waals surface area contributed by atoms with E-state index in [1.807, 2.05) is 0 Å². The summed E-state index contributed by atoms with van der Waals surface area (Å²) in [6.45, 7) is -0.356. The highest BCUT2D eigenvalue weighted by molar-refractivity contribution is 7.89. The monoisotopic (exact) mass is 325 g/mol. The number of nitrogens with one attached hydrogen (secondary N) is 1. The van der Waals surface area contributed by atoms with Crippen LogP contribution in [0.15, 0.2) is 29.2 Å². The summed E-state index contributed by atoms with van der Waals surface area (Å²) in [5, 5.41) is 9.25. The van der Waals surface area contributed by atoms with E-state index < -0.39 is 27.7 Å². The smallest absolute Gasteiger partial charge is 0.406 e. The van der Waals surface area contributed by atoms with Crippen LogP contribution in [0.1, 0.15) is 19.3 Å². The number of benzene rings is 1. The molecular weight excluding hydrogens is 311 g/mol. The first-order valence-electron chi connectivity index (χ1n) is 6.17. The lowest BCUT2D eigenvalue weighted by atomic mass is 9.78. The third kappa shape index (κ3) is 3.86. The molecule has 1 fully saturated rings. The topological polar surface area (TPSA) is 75.6 Å². The molecule has 0 aromatic heterocycles. The van der Waals surface area contributed by atoms with Crippen molar-refractivity contribution in [3.05, 3.63) is 24.3 Å². The highest BCUT2D eigenvalue weighted by atomic mass is 32.2. The van der Waals surface area contributed by atoms with E-state index in [2.05, 4.69) is 9.46 Å². The molecule has 0 bridgehead atoms. The Bertz CT molecular complexity index is 606. The van der Waals surface area contributed by atoms with E-state index in [4.69, 9.17) is 0 Å². The van der Waals surface area contributed by atoms with Gasteiger partial charge in [0, 0.05) is 6.07 Å². The minimum atomic E-state index is -4.89. The van der Waals surface area contributed by atoms with Gasteiger partial charge < -0.3 is 9.84 Å². The van der Waals surface area contributed by atoms with E-state index in [-0.39, 0.29) is 11.5 Å². The second-order valence-corrected chi connectivity index (χ2v) is 6.60. The van der Waals surface area contributed by atoms with E-state index in [9.17, 15) is 26.7 Å². The molecule has 1 saturated carbocycles. The number of rotatable bonds is 5. The van der Waals surface area contributed by atoms with Crippen molar-refractivity contribution in [1.29, 1.82) is 0 Å². The molecule has 0 spiro atoms. The molecule has 1 aliphatic rings. The fourth-order valence-electron chi connectivity index (χ4n) is 2.08. The van der Waals surface area contributed by atoms with Gasteiger partial charge in [0.05, 0.1) is 17.0 Å². The zero-order valence-corrected chi connectivity index (χ0v) is 11.7. The van der Waals surface area contributed by atoms with Crippen LogP contribution < -0.4 is 9.46 Å². The molecule has 21 heavy (non-hydrogen) atoms. The summed E-state index contributed by atoms with van der Waals surface area (Å²) >= 11 is 0. The van der Waals surface area contributed by atoms with Gasteiger partial charge in [0.25, 0.3) is 0 Å². The van der Waals surface area contributed by atoms with Gasteiger partial charge in [-0.05, 0) is 31.4 Å². The number of aliphatic hydroxyl groups is 1. The van der Waals surface area contributed by atoms with Gasteiger partial charge >= 0.3 is 6.36 Å². The maximum atomic E-state index is 12.2. The Morgan fingerprint density at radius 3 is 2.48 bits per heavy atom. The van der Waals surface area contributed by atoms with Crippen LogP contribution in [0.4, 0.5) is 13.2 Å². The minimum Gasteiger partial charge on any atom is -0.406 e. The second-order valence-electron chi connectivity index (χ2n) is 4.92. The largest absolute Gasteiger partial charge is 0.573 e. The lowest BCUT2D eigenvalue weighted by molar-refractivity contribution is -0.274. The van der Waals surface area contributed by atoms with Crippen molar-refractivity contribution in [1.82, 2.24) is 4.72 Å². The molecule has 0 saturated heterocycles. The van der Waals surface area contributed by atoms with E-state index in [1.54, 1.807) is 0 Å². The van der Waals surface area contributed by atoms with Crippen LogP contribution in [0.2, 0.25) is 0 Å². The van der Waals surface area contributed by atoms with Crippen LogP contribution in [0.3, 0.4) is 0 Å². The molecule has 9 heteroatoms. The first-order valence-corrected chi connectivity index (χ1v) is 7.65. The summed E-state index contributed by atoms with van der Waals surface area (Å²) in [4.78, 5) is -0.344.